The van der Waals surface area contributed by atoms with Crippen LogP contribution in [0.5, 0.6) is 0 Å². The number of hydrogen-bond donors (Lipinski definition) is 2. The highest BCUT2D eigenvalue weighted by Crippen LogP contribution is 2.20. The fourth-order valence-electron chi connectivity index (χ4n) is 1.68. The van der Waals surface area contributed by atoms with Crippen LogP contribution in [-0.4, -0.2) is 11.7 Å². The van der Waals surface area contributed by atoms with Gasteiger partial charge < -0.3 is 14.8 Å². The Labute approximate surface area is 105 Å². The van der Waals surface area contributed by atoms with Crippen molar-refractivity contribution in [3.8, 4) is 0 Å². The van der Waals surface area contributed by atoms with Gasteiger partial charge in [0.2, 0.25) is 0 Å². The molecule has 2 heterocycles. The van der Waals surface area contributed by atoms with E-state index >= 15 is 0 Å². The van der Waals surface area contributed by atoms with Gasteiger partial charge in [0.1, 0.15) is 11.4 Å². The van der Waals surface area contributed by atoms with Crippen LogP contribution in [0, 0.1) is 6.92 Å². The lowest BCUT2D eigenvalue weighted by Gasteiger charge is -2.20. The fraction of sp³-hybridized carbons (Fsp3) is 0.385. The molecule has 3 nitrogen and oxygen atoms in total. The van der Waals surface area contributed by atoms with Gasteiger partial charge in [-0.3, -0.25) is 0 Å². The molecule has 2 N–H and O–H groups in total. The van der Waals surface area contributed by atoms with Gasteiger partial charge >= 0.3 is 0 Å². The first-order chi connectivity index (χ1) is 8.08. The first-order valence-corrected chi connectivity index (χ1v) is 6.42. The molecular weight excluding hydrogens is 234 g/mol. The summed E-state index contributed by atoms with van der Waals surface area (Å²) in [5.74, 6) is 0.590. The van der Waals surface area contributed by atoms with Crippen molar-refractivity contribution in [1.82, 2.24) is 5.32 Å². The Hall–Kier alpha value is -1.10. The Bertz CT molecular complexity index is 459. The third-order valence-electron chi connectivity index (χ3n) is 2.62. The van der Waals surface area contributed by atoms with Gasteiger partial charge in [0, 0.05) is 22.8 Å². The molecular formula is C13H17NO2S. The summed E-state index contributed by atoms with van der Waals surface area (Å²) in [6, 6.07) is 7.78. The lowest BCUT2D eigenvalue weighted by molar-refractivity contribution is 0.0341. The van der Waals surface area contributed by atoms with Gasteiger partial charge in [0.25, 0.3) is 0 Å². The molecule has 0 spiro atoms. The topological polar surface area (TPSA) is 45.4 Å². The van der Waals surface area contributed by atoms with Crippen molar-refractivity contribution < 1.29 is 9.52 Å². The maximum atomic E-state index is 10.2. The Morgan fingerprint density at radius 1 is 1.41 bits per heavy atom. The smallest absolute Gasteiger partial charge is 0.136 e. The first kappa shape index (κ1) is 12.4. The molecule has 2 aromatic rings. The zero-order valence-electron chi connectivity index (χ0n) is 10.1. The summed E-state index contributed by atoms with van der Waals surface area (Å²) < 4.78 is 5.22. The van der Waals surface area contributed by atoms with Crippen molar-refractivity contribution in [3.05, 3.63) is 46.0 Å². The lowest BCUT2D eigenvalue weighted by Crippen LogP contribution is -2.34. The summed E-state index contributed by atoms with van der Waals surface area (Å²) in [7, 11) is 0. The lowest BCUT2D eigenvalue weighted by atomic mass is 10.0. The van der Waals surface area contributed by atoms with E-state index in [9.17, 15) is 5.11 Å². The van der Waals surface area contributed by atoms with Crippen molar-refractivity contribution in [1.29, 1.82) is 0 Å². The highest BCUT2D eigenvalue weighted by Gasteiger charge is 2.25. The number of aliphatic hydroxyl groups is 1. The van der Waals surface area contributed by atoms with Crippen molar-refractivity contribution in [2.75, 3.05) is 6.54 Å². The average molecular weight is 251 g/mol. The number of furan rings is 1. The summed E-state index contributed by atoms with van der Waals surface area (Å²) in [4.78, 5) is 2.58. The molecule has 4 heteroatoms. The molecule has 0 radical (unpaired) electrons. The van der Waals surface area contributed by atoms with E-state index in [0.29, 0.717) is 12.3 Å². The highest BCUT2D eigenvalue weighted by atomic mass is 32.1. The molecule has 0 aliphatic heterocycles. The minimum Gasteiger partial charge on any atom is -0.466 e. The monoisotopic (exact) mass is 251 g/mol. The van der Waals surface area contributed by atoms with Crippen molar-refractivity contribution >= 4 is 11.3 Å². The van der Waals surface area contributed by atoms with Gasteiger partial charge in [0.05, 0.1) is 6.26 Å². The van der Waals surface area contributed by atoms with E-state index in [1.54, 1.807) is 36.7 Å². The second kappa shape index (κ2) is 5.04. The Morgan fingerprint density at radius 3 is 2.82 bits per heavy atom. The van der Waals surface area contributed by atoms with Crippen LogP contribution < -0.4 is 5.32 Å². The molecule has 1 unspecified atom stereocenters. The molecule has 0 bridgehead atoms. The largest absolute Gasteiger partial charge is 0.466 e. The Kier molecular flexibility index (Phi) is 3.66. The molecule has 2 aromatic heterocycles. The van der Waals surface area contributed by atoms with Gasteiger partial charge in [-0.25, -0.2) is 0 Å². The average Bonchev–Trinajstić information content (AvgIpc) is 2.89. The molecule has 0 aliphatic carbocycles. The first-order valence-electron chi connectivity index (χ1n) is 5.60. The summed E-state index contributed by atoms with van der Waals surface area (Å²) >= 11 is 1.77. The second-order valence-electron chi connectivity index (χ2n) is 4.37. The molecule has 0 aliphatic rings. The molecule has 2 rings (SSSR count). The van der Waals surface area contributed by atoms with E-state index in [1.165, 1.54) is 9.75 Å². The quantitative estimate of drug-likeness (QED) is 0.858. The maximum Gasteiger partial charge on any atom is 0.136 e. The summed E-state index contributed by atoms with van der Waals surface area (Å²) in [6.45, 7) is 5.08. The molecule has 0 fully saturated rings. The number of aryl methyl sites for hydroxylation is 1. The van der Waals surface area contributed by atoms with Crippen molar-refractivity contribution in [2.45, 2.75) is 26.0 Å². The molecule has 0 aromatic carbocycles. The van der Waals surface area contributed by atoms with E-state index < -0.39 is 5.60 Å². The summed E-state index contributed by atoms with van der Waals surface area (Å²) in [5, 5.41) is 13.4. The van der Waals surface area contributed by atoms with E-state index in [2.05, 4.69) is 24.4 Å². The summed E-state index contributed by atoms with van der Waals surface area (Å²) in [5.41, 5.74) is -0.962. The molecule has 1 atom stereocenters. The minimum absolute atomic E-state index is 0.470. The third kappa shape index (κ3) is 3.19. The van der Waals surface area contributed by atoms with Gasteiger partial charge in [-0.2, -0.15) is 0 Å². The van der Waals surface area contributed by atoms with Crippen LogP contribution in [0.25, 0.3) is 0 Å². The van der Waals surface area contributed by atoms with Crippen LogP contribution in [0.2, 0.25) is 0 Å². The standard InChI is InChI=1S/C13H17NO2S/c1-10-5-6-11(17-10)8-14-9-13(2,15)12-4-3-7-16-12/h3-7,14-15H,8-9H2,1-2H3. The number of hydrogen-bond acceptors (Lipinski definition) is 4. The van der Waals surface area contributed by atoms with Crippen LogP contribution >= 0.6 is 11.3 Å². The predicted molar refractivity (Wildman–Crippen MR) is 69.0 cm³/mol. The Morgan fingerprint density at radius 2 is 2.24 bits per heavy atom. The predicted octanol–water partition coefficient (Wildman–Crippen LogP) is 2.65. The fourth-order valence-corrected chi connectivity index (χ4v) is 2.54. The molecule has 17 heavy (non-hydrogen) atoms. The highest BCUT2D eigenvalue weighted by molar-refractivity contribution is 7.11. The van der Waals surface area contributed by atoms with Gasteiger partial charge in [-0.05, 0) is 38.1 Å². The second-order valence-corrected chi connectivity index (χ2v) is 5.74. The van der Waals surface area contributed by atoms with Crippen LogP contribution in [0.15, 0.2) is 34.9 Å². The number of rotatable bonds is 5. The summed E-state index contributed by atoms with van der Waals surface area (Å²) in [6.07, 6.45) is 1.58. The molecule has 0 saturated heterocycles. The van der Waals surface area contributed by atoms with Crippen molar-refractivity contribution in [3.63, 3.8) is 0 Å². The zero-order chi connectivity index (χ0) is 12.3. The minimum atomic E-state index is -0.962. The van der Waals surface area contributed by atoms with Gasteiger partial charge in [0.15, 0.2) is 0 Å². The number of thiophene rings is 1. The van der Waals surface area contributed by atoms with Crippen LogP contribution in [0.3, 0.4) is 0 Å². The van der Waals surface area contributed by atoms with Gasteiger partial charge in [-0.1, -0.05) is 0 Å². The SMILES string of the molecule is Cc1ccc(CNCC(C)(O)c2ccco2)s1. The molecule has 92 valence electrons. The zero-order valence-corrected chi connectivity index (χ0v) is 10.9. The van der Waals surface area contributed by atoms with Gasteiger partial charge in [-0.15, -0.1) is 11.3 Å². The molecule has 0 saturated carbocycles. The van der Waals surface area contributed by atoms with Crippen LogP contribution in [-0.2, 0) is 12.1 Å². The van der Waals surface area contributed by atoms with Crippen LogP contribution in [0.1, 0.15) is 22.4 Å². The normalized spacial score (nSPS) is 14.8. The number of nitrogens with one attached hydrogen (secondary N) is 1. The van der Waals surface area contributed by atoms with Crippen molar-refractivity contribution in [2.24, 2.45) is 0 Å². The van der Waals surface area contributed by atoms with E-state index in [-0.39, 0.29) is 0 Å². The van der Waals surface area contributed by atoms with E-state index in [1.807, 2.05) is 0 Å². The maximum absolute atomic E-state index is 10.2. The van der Waals surface area contributed by atoms with E-state index in [4.69, 9.17) is 4.42 Å². The van der Waals surface area contributed by atoms with Crippen LogP contribution in [0.4, 0.5) is 0 Å². The molecule has 0 amide bonds. The Balaban J connectivity index is 1.86. The third-order valence-corrected chi connectivity index (χ3v) is 3.62. The van der Waals surface area contributed by atoms with E-state index in [0.717, 1.165) is 6.54 Å².